The van der Waals surface area contributed by atoms with Gasteiger partial charge in [-0.05, 0) is 43.5 Å². The van der Waals surface area contributed by atoms with Gasteiger partial charge in [0, 0.05) is 6.04 Å². The molecule has 0 heterocycles. The average molecular weight is 179 g/mol. The average Bonchev–Trinajstić information content (AvgIpc) is 2.93. The summed E-state index contributed by atoms with van der Waals surface area (Å²) < 4.78 is 12.7. The van der Waals surface area contributed by atoms with Crippen molar-refractivity contribution in [2.75, 3.05) is 7.05 Å². The van der Waals surface area contributed by atoms with Gasteiger partial charge in [-0.1, -0.05) is 12.1 Å². The zero-order valence-electron chi connectivity index (χ0n) is 7.76. The van der Waals surface area contributed by atoms with Crippen LogP contribution in [0.5, 0.6) is 0 Å². The lowest BCUT2D eigenvalue weighted by Gasteiger charge is -2.15. The van der Waals surface area contributed by atoms with Gasteiger partial charge in [-0.2, -0.15) is 0 Å². The maximum absolute atomic E-state index is 12.7. The van der Waals surface area contributed by atoms with E-state index >= 15 is 0 Å². The number of nitrogens with one attached hydrogen (secondary N) is 1. The molecular weight excluding hydrogens is 165 g/mol. The topological polar surface area (TPSA) is 12.0 Å². The second kappa shape index (κ2) is 3.46. The zero-order valence-corrected chi connectivity index (χ0v) is 7.76. The number of hydrogen-bond donors (Lipinski definition) is 1. The molecule has 1 aromatic carbocycles. The van der Waals surface area contributed by atoms with Gasteiger partial charge < -0.3 is 5.32 Å². The van der Waals surface area contributed by atoms with Crippen LogP contribution < -0.4 is 5.32 Å². The highest BCUT2D eigenvalue weighted by molar-refractivity contribution is 5.21. The van der Waals surface area contributed by atoms with E-state index in [1.807, 2.05) is 19.2 Å². The van der Waals surface area contributed by atoms with Crippen LogP contribution in [-0.4, -0.2) is 7.05 Å². The molecule has 0 aliphatic heterocycles. The standard InChI is InChI=1S/C11H14FN/c1-13-11(8-2-3-8)9-4-6-10(12)7-5-9/h4-8,11,13H,2-3H2,1H3/t11-/m1/s1. The van der Waals surface area contributed by atoms with Crippen molar-refractivity contribution < 1.29 is 4.39 Å². The number of benzene rings is 1. The second-order valence-electron chi connectivity index (χ2n) is 3.66. The van der Waals surface area contributed by atoms with E-state index in [2.05, 4.69) is 5.32 Å². The summed E-state index contributed by atoms with van der Waals surface area (Å²) in [6, 6.07) is 7.22. The van der Waals surface area contributed by atoms with Gasteiger partial charge in [-0.15, -0.1) is 0 Å². The smallest absolute Gasteiger partial charge is 0.123 e. The Bertz CT molecular complexity index is 277. The van der Waals surface area contributed by atoms with Crippen LogP contribution in [0.25, 0.3) is 0 Å². The van der Waals surface area contributed by atoms with E-state index in [1.165, 1.54) is 30.5 Å². The lowest BCUT2D eigenvalue weighted by molar-refractivity contribution is 0.527. The van der Waals surface area contributed by atoms with E-state index in [1.54, 1.807) is 0 Å². The molecule has 0 aromatic heterocycles. The molecule has 0 radical (unpaired) electrons. The van der Waals surface area contributed by atoms with Gasteiger partial charge in [0.15, 0.2) is 0 Å². The Balaban J connectivity index is 2.17. The molecule has 0 bridgehead atoms. The van der Waals surface area contributed by atoms with Crippen molar-refractivity contribution in [3.8, 4) is 0 Å². The summed E-state index contributed by atoms with van der Waals surface area (Å²) in [6.45, 7) is 0. The molecule has 0 saturated heterocycles. The SMILES string of the molecule is CN[C@@H](c1ccc(F)cc1)C1CC1. The lowest BCUT2D eigenvalue weighted by Crippen LogP contribution is -2.18. The third-order valence-electron chi connectivity index (χ3n) is 2.63. The first kappa shape index (κ1) is 8.70. The van der Waals surface area contributed by atoms with Gasteiger partial charge in [-0.3, -0.25) is 0 Å². The first-order chi connectivity index (χ1) is 6.31. The minimum atomic E-state index is -0.158. The van der Waals surface area contributed by atoms with Crippen molar-refractivity contribution >= 4 is 0 Å². The molecule has 0 unspecified atom stereocenters. The highest BCUT2D eigenvalue weighted by atomic mass is 19.1. The Morgan fingerprint density at radius 3 is 2.38 bits per heavy atom. The van der Waals surface area contributed by atoms with Gasteiger partial charge in [0.2, 0.25) is 0 Å². The molecule has 1 fully saturated rings. The predicted octanol–water partition coefficient (Wildman–Crippen LogP) is 2.50. The van der Waals surface area contributed by atoms with Crippen molar-refractivity contribution in [3.05, 3.63) is 35.6 Å². The molecule has 1 saturated carbocycles. The lowest BCUT2D eigenvalue weighted by atomic mass is 10.0. The van der Waals surface area contributed by atoms with Crippen LogP contribution in [0.15, 0.2) is 24.3 Å². The van der Waals surface area contributed by atoms with Gasteiger partial charge in [0.05, 0.1) is 0 Å². The van der Waals surface area contributed by atoms with Gasteiger partial charge in [0.1, 0.15) is 5.82 Å². The van der Waals surface area contributed by atoms with Crippen LogP contribution in [0.3, 0.4) is 0 Å². The van der Waals surface area contributed by atoms with Crippen LogP contribution in [-0.2, 0) is 0 Å². The number of halogens is 1. The molecule has 1 atom stereocenters. The van der Waals surface area contributed by atoms with E-state index in [0.29, 0.717) is 6.04 Å². The van der Waals surface area contributed by atoms with E-state index in [-0.39, 0.29) is 5.82 Å². The van der Waals surface area contributed by atoms with Gasteiger partial charge in [0.25, 0.3) is 0 Å². The van der Waals surface area contributed by atoms with E-state index in [4.69, 9.17) is 0 Å². The van der Waals surface area contributed by atoms with E-state index in [0.717, 1.165) is 5.92 Å². The minimum absolute atomic E-state index is 0.158. The molecule has 70 valence electrons. The van der Waals surface area contributed by atoms with Gasteiger partial charge in [-0.25, -0.2) is 4.39 Å². The van der Waals surface area contributed by atoms with Crippen molar-refractivity contribution in [1.82, 2.24) is 5.32 Å². The van der Waals surface area contributed by atoms with Crippen molar-refractivity contribution in [3.63, 3.8) is 0 Å². The Labute approximate surface area is 78.0 Å². The molecule has 2 heteroatoms. The quantitative estimate of drug-likeness (QED) is 0.751. The van der Waals surface area contributed by atoms with Crippen LogP contribution in [0.2, 0.25) is 0 Å². The van der Waals surface area contributed by atoms with E-state index in [9.17, 15) is 4.39 Å². The predicted molar refractivity (Wildman–Crippen MR) is 50.9 cm³/mol. The van der Waals surface area contributed by atoms with Crippen LogP contribution in [0, 0.1) is 11.7 Å². The first-order valence-electron chi connectivity index (χ1n) is 4.74. The van der Waals surface area contributed by atoms with Crippen LogP contribution in [0.4, 0.5) is 4.39 Å². The Hall–Kier alpha value is -0.890. The monoisotopic (exact) mass is 179 g/mol. The molecule has 1 aliphatic rings. The molecular formula is C11H14FN. The summed E-state index contributed by atoms with van der Waals surface area (Å²) >= 11 is 0. The molecule has 13 heavy (non-hydrogen) atoms. The Kier molecular flexibility index (Phi) is 2.32. The molecule has 2 rings (SSSR count). The third kappa shape index (κ3) is 1.89. The number of rotatable bonds is 3. The molecule has 0 amide bonds. The fourth-order valence-electron chi connectivity index (χ4n) is 1.77. The molecule has 1 nitrogen and oxygen atoms in total. The fourth-order valence-corrected chi connectivity index (χ4v) is 1.77. The first-order valence-corrected chi connectivity index (χ1v) is 4.74. The summed E-state index contributed by atoms with van der Waals surface area (Å²) in [6.07, 6.45) is 2.59. The maximum Gasteiger partial charge on any atom is 0.123 e. The zero-order chi connectivity index (χ0) is 9.26. The summed E-state index contributed by atoms with van der Waals surface area (Å²) in [4.78, 5) is 0. The number of hydrogen-bond acceptors (Lipinski definition) is 1. The van der Waals surface area contributed by atoms with Crippen LogP contribution in [0.1, 0.15) is 24.4 Å². The third-order valence-corrected chi connectivity index (χ3v) is 2.63. The normalized spacial score (nSPS) is 18.6. The largest absolute Gasteiger partial charge is 0.313 e. The minimum Gasteiger partial charge on any atom is -0.313 e. The summed E-state index contributed by atoms with van der Waals surface area (Å²) in [5.74, 6) is 0.602. The molecule has 1 aromatic rings. The summed E-state index contributed by atoms with van der Waals surface area (Å²) in [5, 5.41) is 3.28. The van der Waals surface area contributed by atoms with Crippen molar-refractivity contribution in [2.45, 2.75) is 18.9 Å². The Morgan fingerprint density at radius 1 is 1.31 bits per heavy atom. The van der Waals surface area contributed by atoms with Crippen LogP contribution >= 0.6 is 0 Å². The van der Waals surface area contributed by atoms with Gasteiger partial charge >= 0.3 is 0 Å². The molecule has 0 spiro atoms. The van der Waals surface area contributed by atoms with Crippen molar-refractivity contribution in [1.29, 1.82) is 0 Å². The van der Waals surface area contributed by atoms with Crippen molar-refractivity contribution in [2.24, 2.45) is 5.92 Å². The van der Waals surface area contributed by atoms with E-state index < -0.39 is 0 Å². The molecule has 1 aliphatic carbocycles. The highest BCUT2D eigenvalue weighted by Crippen LogP contribution is 2.40. The summed E-state index contributed by atoms with van der Waals surface area (Å²) in [7, 11) is 1.96. The second-order valence-corrected chi connectivity index (χ2v) is 3.66. The molecule has 1 N–H and O–H groups in total. The maximum atomic E-state index is 12.7. The Morgan fingerprint density at radius 2 is 1.92 bits per heavy atom. The fraction of sp³-hybridized carbons (Fsp3) is 0.455. The summed E-state index contributed by atoms with van der Waals surface area (Å²) in [5.41, 5.74) is 1.20. The highest BCUT2D eigenvalue weighted by Gasteiger charge is 2.30.